The number of amides is 1. The van der Waals surface area contributed by atoms with Gasteiger partial charge in [-0.15, -0.1) is 0 Å². The van der Waals surface area contributed by atoms with E-state index in [0.717, 1.165) is 11.1 Å². The maximum absolute atomic E-state index is 13.1. The van der Waals surface area contributed by atoms with Crippen LogP contribution in [-0.2, 0) is 16.0 Å². The van der Waals surface area contributed by atoms with E-state index in [0.29, 0.717) is 22.9 Å². The number of ketones is 1. The molecule has 0 spiro atoms. The minimum Gasteiger partial charge on any atom is -0.503 e. The SMILES string of the molecule is Cc1cc(Cl)ccc1N1C(=O)C(O)=C(C(=O)CCc2ccccc2)C1c1ccco1. The van der Waals surface area contributed by atoms with Crippen LogP contribution in [0.4, 0.5) is 5.69 Å². The Morgan fingerprint density at radius 3 is 2.57 bits per heavy atom. The summed E-state index contributed by atoms with van der Waals surface area (Å²) in [4.78, 5) is 27.6. The molecule has 6 heteroatoms. The number of Topliss-reactive ketones (excluding diaryl/α,β-unsaturated/α-hetero) is 1. The van der Waals surface area contributed by atoms with Crippen LogP contribution >= 0.6 is 11.6 Å². The first-order chi connectivity index (χ1) is 14.5. The number of nitrogens with zero attached hydrogens (tertiary/aromatic N) is 1. The molecule has 1 atom stereocenters. The second-order valence-corrected chi connectivity index (χ2v) is 7.63. The van der Waals surface area contributed by atoms with E-state index in [-0.39, 0.29) is 17.8 Å². The van der Waals surface area contributed by atoms with E-state index in [1.807, 2.05) is 37.3 Å². The monoisotopic (exact) mass is 421 g/mol. The molecule has 30 heavy (non-hydrogen) atoms. The number of hydrogen-bond acceptors (Lipinski definition) is 4. The van der Waals surface area contributed by atoms with Crippen molar-refractivity contribution in [1.82, 2.24) is 0 Å². The molecule has 4 rings (SSSR count). The average Bonchev–Trinajstić information content (AvgIpc) is 3.35. The molecule has 2 heterocycles. The second kappa shape index (κ2) is 8.20. The molecule has 0 bridgehead atoms. The summed E-state index contributed by atoms with van der Waals surface area (Å²) < 4.78 is 5.56. The number of furan rings is 1. The fraction of sp³-hybridized carbons (Fsp3) is 0.167. The third kappa shape index (κ3) is 3.64. The van der Waals surface area contributed by atoms with E-state index in [2.05, 4.69) is 0 Å². The van der Waals surface area contributed by atoms with Gasteiger partial charge in [-0.05, 0) is 54.8 Å². The Morgan fingerprint density at radius 1 is 1.13 bits per heavy atom. The van der Waals surface area contributed by atoms with E-state index < -0.39 is 17.7 Å². The Hall–Kier alpha value is -3.31. The molecule has 0 radical (unpaired) electrons. The van der Waals surface area contributed by atoms with E-state index in [4.69, 9.17) is 16.0 Å². The van der Waals surface area contributed by atoms with E-state index in [1.165, 1.54) is 11.2 Å². The predicted octanol–water partition coefficient (Wildman–Crippen LogP) is 5.34. The summed E-state index contributed by atoms with van der Waals surface area (Å²) in [6.07, 6.45) is 2.16. The molecule has 2 aromatic carbocycles. The fourth-order valence-electron chi connectivity index (χ4n) is 3.78. The maximum atomic E-state index is 13.1. The van der Waals surface area contributed by atoms with Crippen LogP contribution in [0.1, 0.15) is 29.3 Å². The van der Waals surface area contributed by atoms with E-state index >= 15 is 0 Å². The van der Waals surface area contributed by atoms with Crippen molar-refractivity contribution in [2.24, 2.45) is 0 Å². The standard InChI is InChI=1S/C24H20ClNO4/c1-15-14-17(25)10-11-18(15)26-22(20-8-5-13-30-20)21(23(28)24(26)29)19(27)12-9-16-6-3-2-4-7-16/h2-8,10-11,13-14,22,28H,9,12H2,1H3. The lowest BCUT2D eigenvalue weighted by atomic mass is 9.96. The zero-order chi connectivity index (χ0) is 21.3. The Bertz CT molecular complexity index is 1120. The molecule has 1 amide bonds. The number of aliphatic hydroxyl groups is 1. The van der Waals surface area contributed by atoms with Crippen LogP contribution in [0.15, 0.2) is 82.7 Å². The molecule has 0 fully saturated rings. The summed E-state index contributed by atoms with van der Waals surface area (Å²) >= 11 is 6.07. The van der Waals surface area contributed by atoms with Crippen molar-refractivity contribution in [1.29, 1.82) is 0 Å². The Kier molecular flexibility index (Phi) is 5.46. The first-order valence-electron chi connectivity index (χ1n) is 9.60. The molecular formula is C24H20ClNO4. The number of carbonyl (C=O) groups excluding carboxylic acids is 2. The molecule has 1 aliphatic heterocycles. The number of aliphatic hydroxyl groups excluding tert-OH is 1. The zero-order valence-corrected chi connectivity index (χ0v) is 17.1. The highest BCUT2D eigenvalue weighted by atomic mass is 35.5. The first kappa shape index (κ1) is 20.0. The third-order valence-electron chi connectivity index (χ3n) is 5.22. The lowest BCUT2D eigenvalue weighted by molar-refractivity contribution is -0.118. The summed E-state index contributed by atoms with van der Waals surface area (Å²) in [5.74, 6) is -1.06. The molecule has 5 nitrogen and oxygen atoms in total. The van der Waals surface area contributed by atoms with Gasteiger partial charge in [0, 0.05) is 17.1 Å². The van der Waals surface area contributed by atoms with Crippen LogP contribution < -0.4 is 4.90 Å². The molecule has 1 unspecified atom stereocenters. The molecular weight excluding hydrogens is 402 g/mol. The Balaban J connectivity index is 1.71. The van der Waals surface area contributed by atoms with Crippen LogP contribution in [0.5, 0.6) is 0 Å². The molecule has 3 aromatic rings. The molecule has 1 aromatic heterocycles. The number of rotatable bonds is 6. The number of halogens is 1. The quantitative estimate of drug-likeness (QED) is 0.582. The molecule has 0 saturated heterocycles. The molecule has 0 saturated carbocycles. The topological polar surface area (TPSA) is 70.8 Å². The Labute approximate surface area is 179 Å². The highest BCUT2D eigenvalue weighted by Crippen LogP contribution is 2.42. The molecule has 152 valence electrons. The lowest BCUT2D eigenvalue weighted by Crippen LogP contribution is -2.31. The number of carbonyl (C=O) groups is 2. The van der Waals surface area contributed by atoms with Gasteiger partial charge in [0.1, 0.15) is 11.8 Å². The summed E-state index contributed by atoms with van der Waals surface area (Å²) in [5.41, 5.74) is 2.37. The molecule has 0 aliphatic carbocycles. The summed E-state index contributed by atoms with van der Waals surface area (Å²) in [7, 11) is 0. The van der Waals surface area contributed by atoms with Crippen molar-refractivity contribution in [3.05, 3.63) is 100 Å². The van der Waals surface area contributed by atoms with Gasteiger partial charge in [-0.3, -0.25) is 14.5 Å². The summed E-state index contributed by atoms with van der Waals surface area (Å²) in [6, 6.07) is 17.3. The Morgan fingerprint density at radius 2 is 1.90 bits per heavy atom. The van der Waals surface area contributed by atoms with Gasteiger partial charge in [0.25, 0.3) is 5.91 Å². The fourth-order valence-corrected chi connectivity index (χ4v) is 4.01. The molecule has 1 N–H and O–H groups in total. The number of hydrogen-bond donors (Lipinski definition) is 1. The van der Waals surface area contributed by atoms with Crippen LogP contribution in [-0.4, -0.2) is 16.8 Å². The van der Waals surface area contributed by atoms with Crippen molar-refractivity contribution >= 4 is 29.0 Å². The zero-order valence-electron chi connectivity index (χ0n) is 16.3. The van der Waals surface area contributed by atoms with Crippen LogP contribution in [0.3, 0.4) is 0 Å². The minimum atomic E-state index is -0.837. The summed E-state index contributed by atoms with van der Waals surface area (Å²) in [5, 5.41) is 11.2. The second-order valence-electron chi connectivity index (χ2n) is 7.19. The van der Waals surface area contributed by atoms with E-state index in [1.54, 1.807) is 30.3 Å². The van der Waals surface area contributed by atoms with Gasteiger partial charge >= 0.3 is 0 Å². The van der Waals surface area contributed by atoms with Crippen LogP contribution in [0, 0.1) is 6.92 Å². The number of anilines is 1. The van der Waals surface area contributed by atoms with Gasteiger partial charge in [0.05, 0.1) is 11.8 Å². The van der Waals surface area contributed by atoms with Gasteiger partial charge in [0.15, 0.2) is 11.5 Å². The van der Waals surface area contributed by atoms with Crippen molar-refractivity contribution in [3.63, 3.8) is 0 Å². The lowest BCUT2D eigenvalue weighted by Gasteiger charge is -2.26. The highest BCUT2D eigenvalue weighted by Gasteiger charge is 2.45. The molecule has 1 aliphatic rings. The van der Waals surface area contributed by atoms with Gasteiger partial charge in [0.2, 0.25) is 0 Å². The highest BCUT2D eigenvalue weighted by molar-refractivity contribution is 6.30. The normalized spacial score (nSPS) is 16.4. The smallest absolute Gasteiger partial charge is 0.294 e. The minimum absolute atomic E-state index is 0.0558. The number of benzene rings is 2. The average molecular weight is 422 g/mol. The van der Waals surface area contributed by atoms with Gasteiger partial charge < -0.3 is 9.52 Å². The van der Waals surface area contributed by atoms with E-state index in [9.17, 15) is 14.7 Å². The summed E-state index contributed by atoms with van der Waals surface area (Å²) in [6.45, 7) is 1.82. The van der Waals surface area contributed by atoms with Gasteiger partial charge in [-0.25, -0.2) is 0 Å². The number of aryl methyl sites for hydroxylation is 2. The van der Waals surface area contributed by atoms with Gasteiger partial charge in [-0.1, -0.05) is 41.9 Å². The van der Waals surface area contributed by atoms with Gasteiger partial charge in [-0.2, -0.15) is 0 Å². The predicted molar refractivity (Wildman–Crippen MR) is 115 cm³/mol. The van der Waals surface area contributed by atoms with Crippen molar-refractivity contribution < 1.29 is 19.1 Å². The van der Waals surface area contributed by atoms with Crippen LogP contribution in [0.25, 0.3) is 0 Å². The van der Waals surface area contributed by atoms with Crippen LogP contribution in [0.2, 0.25) is 5.02 Å². The van der Waals surface area contributed by atoms with Crippen molar-refractivity contribution in [3.8, 4) is 0 Å². The van der Waals surface area contributed by atoms with Crippen molar-refractivity contribution in [2.75, 3.05) is 4.90 Å². The van der Waals surface area contributed by atoms with Crippen molar-refractivity contribution in [2.45, 2.75) is 25.8 Å². The third-order valence-corrected chi connectivity index (χ3v) is 5.46. The first-order valence-corrected chi connectivity index (χ1v) is 9.98. The largest absolute Gasteiger partial charge is 0.503 e. The maximum Gasteiger partial charge on any atom is 0.294 e.